The monoisotopic (exact) mass is 715 g/mol. The van der Waals surface area contributed by atoms with Gasteiger partial charge < -0.3 is 24.3 Å². The predicted molar refractivity (Wildman–Crippen MR) is 192 cm³/mol. The number of fused-ring (bicyclic) bond motifs is 1. The highest BCUT2D eigenvalue weighted by molar-refractivity contribution is 7.07. The quantitative estimate of drug-likeness (QED) is 0.171. The highest BCUT2D eigenvalue weighted by atomic mass is 35.5. The van der Waals surface area contributed by atoms with Crippen LogP contribution in [-0.2, 0) is 11.4 Å². The number of hydrogen-bond donors (Lipinski definition) is 1. The second-order valence-corrected chi connectivity index (χ2v) is 12.8. The van der Waals surface area contributed by atoms with Gasteiger partial charge in [0.05, 0.1) is 43.2 Å². The van der Waals surface area contributed by atoms with Crippen LogP contribution in [0, 0.1) is 0 Å². The molecule has 2 heterocycles. The first kappa shape index (κ1) is 33.9. The minimum absolute atomic E-state index is 0.254. The number of thiazole rings is 1. The average molecular weight is 717 g/mol. The van der Waals surface area contributed by atoms with Crippen molar-refractivity contribution in [2.75, 3.05) is 26.6 Å². The van der Waals surface area contributed by atoms with Crippen molar-refractivity contribution in [1.82, 2.24) is 4.57 Å². The molecule has 0 unspecified atom stereocenters. The van der Waals surface area contributed by atoms with E-state index in [9.17, 15) is 9.59 Å². The smallest absolute Gasteiger partial charge is 0.271 e. The lowest BCUT2D eigenvalue weighted by atomic mass is 9.94. The zero-order valence-corrected chi connectivity index (χ0v) is 29.3. The Kier molecular flexibility index (Phi) is 10.1. The van der Waals surface area contributed by atoms with Gasteiger partial charge in [-0.1, -0.05) is 64.9 Å². The molecule has 1 atom stereocenters. The summed E-state index contributed by atoms with van der Waals surface area (Å²) >= 11 is 13.8. The molecular weight excluding hydrogens is 685 g/mol. The molecule has 12 heteroatoms. The molecule has 0 fully saturated rings. The third-order valence-corrected chi connectivity index (χ3v) is 9.30. The standard InChI is InChI=1S/C37H31Cl2N3O6S/c1-21-32(35(43)41-27-11-6-5-7-12-27)33(24-17-29(45-2)34(47-4)30(18-24)46-3)42-36(44)31(49-37(42)40-21)19-23-16-26(39)13-14-28(23)48-20-22-9-8-10-25(38)15-22/h5-19,33H,20H2,1-4H3,(H,41,43)/b31-19-/t33-/m0/s1. The van der Waals surface area contributed by atoms with Crippen LogP contribution in [0.2, 0.25) is 10.0 Å². The van der Waals surface area contributed by atoms with Gasteiger partial charge in [0.2, 0.25) is 5.75 Å². The van der Waals surface area contributed by atoms with Crippen LogP contribution in [0.3, 0.4) is 0 Å². The number of allylic oxidation sites excluding steroid dienone is 1. The molecule has 1 amide bonds. The number of hydrogen-bond acceptors (Lipinski definition) is 8. The number of carbonyl (C=O) groups excluding carboxylic acids is 1. The molecule has 1 aliphatic heterocycles. The van der Waals surface area contributed by atoms with Crippen LogP contribution in [0.4, 0.5) is 5.69 Å². The SMILES string of the molecule is COc1cc([C@H]2C(C(=O)Nc3ccccc3)=C(C)N=c3s/c(=C\c4cc(Cl)ccc4OCc4cccc(Cl)c4)c(=O)n32)cc(OC)c1OC. The third kappa shape index (κ3) is 7.07. The van der Waals surface area contributed by atoms with Gasteiger partial charge in [-0.15, -0.1) is 0 Å². The number of anilines is 1. The van der Waals surface area contributed by atoms with E-state index in [0.717, 1.165) is 5.56 Å². The molecule has 0 aliphatic carbocycles. The lowest BCUT2D eigenvalue weighted by Crippen LogP contribution is -2.40. The maximum absolute atomic E-state index is 14.4. The maximum Gasteiger partial charge on any atom is 0.271 e. The molecule has 9 nitrogen and oxygen atoms in total. The Morgan fingerprint density at radius 1 is 0.898 bits per heavy atom. The van der Waals surface area contributed by atoms with Crippen molar-refractivity contribution >= 4 is 52.2 Å². The van der Waals surface area contributed by atoms with E-state index in [1.54, 1.807) is 61.5 Å². The van der Waals surface area contributed by atoms with Crippen molar-refractivity contribution in [2.45, 2.75) is 19.6 Å². The van der Waals surface area contributed by atoms with E-state index in [2.05, 4.69) is 5.32 Å². The molecule has 1 N–H and O–H groups in total. The first-order valence-electron chi connectivity index (χ1n) is 15.1. The van der Waals surface area contributed by atoms with E-state index in [4.69, 9.17) is 47.1 Å². The van der Waals surface area contributed by atoms with E-state index >= 15 is 0 Å². The van der Waals surface area contributed by atoms with E-state index < -0.39 is 11.9 Å². The van der Waals surface area contributed by atoms with Crippen LogP contribution < -0.4 is 39.2 Å². The van der Waals surface area contributed by atoms with Crippen LogP contribution in [0.25, 0.3) is 6.08 Å². The van der Waals surface area contributed by atoms with Gasteiger partial charge in [-0.2, -0.15) is 0 Å². The van der Waals surface area contributed by atoms with Crippen molar-refractivity contribution in [2.24, 2.45) is 4.99 Å². The Morgan fingerprint density at radius 2 is 1.61 bits per heavy atom. The molecule has 0 saturated carbocycles. The number of nitrogens with one attached hydrogen (secondary N) is 1. The summed E-state index contributed by atoms with van der Waals surface area (Å²) in [6.07, 6.45) is 1.72. The Morgan fingerprint density at radius 3 is 2.29 bits per heavy atom. The molecule has 0 saturated heterocycles. The fraction of sp³-hybridized carbons (Fsp3) is 0.162. The first-order valence-corrected chi connectivity index (χ1v) is 16.6. The number of rotatable bonds is 10. The lowest BCUT2D eigenvalue weighted by molar-refractivity contribution is -0.113. The van der Waals surface area contributed by atoms with Crippen LogP contribution in [0.5, 0.6) is 23.0 Å². The Balaban J connectivity index is 1.50. The van der Waals surface area contributed by atoms with Crippen molar-refractivity contribution in [3.05, 3.63) is 143 Å². The second-order valence-electron chi connectivity index (χ2n) is 11.0. The summed E-state index contributed by atoms with van der Waals surface area (Å²) in [7, 11) is 4.52. The minimum atomic E-state index is -0.895. The summed E-state index contributed by atoms with van der Waals surface area (Å²) in [5.41, 5.74) is 3.01. The predicted octanol–water partition coefficient (Wildman–Crippen LogP) is 6.79. The first-order chi connectivity index (χ1) is 23.7. The second kappa shape index (κ2) is 14.6. The number of ether oxygens (including phenoxy) is 4. The zero-order chi connectivity index (χ0) is 34.7. The average Bonchev–Trinajstić information content (AvgIpc) is 3.40. The normalized spacial score (nSPS) is 14.2. The van der Waals surface area contributed by atoms with Crippen LogP contribution >= 0.6 is 34.5 Å². The van der Waals surface area contributed by atoms with E-state index in [0.29, 0.717) is 64.9 Å². The van der Waals surface area contributed by atoms with Gasteiger partial charge in [0, 0.05) is 21.3 Å². The molecule has 49 heavy (non-hydrogen) atoms. The molecule has 0 radical (unpaired) electrons. The van der Waals surface area contributed by atoms with Crippen LogP contribution in [-0.4, -0.2) is 31.8 Å². The Labute approximate surface area is 296 Å². The van der Waals surface area contributed by atoms with Gasteiger partial charge in [0.25, 0.3) is 11.5 Å². The summed E-state index contributed by atoms with van der Waals surface area (Å²) in [6.45, 7) is 2.01. The van der Waals surface area contributed by atoms with Crippen molar-refractivity contribution in [3.8, 4) is 23.0 Å². The topological polar surface area (TPSA) is 100 Å². The van der Waals surface area contributed by atoms with E-state index in [1.807, 2.05) is 36.4 Å². The maximum atomic E-state index is 14.4. The number of aromatic nitrogens is 1. The number of para-hydroxylation sites is 1. The van der Waals surface area contributed by atoms with Gasteiger partial charge in [-0.05, 0) is 78.7 Å². The number of amides is 1. The van der Waals surface area contributed by atoms with Crippen LogP contribution in [0.1, 0.15) is 29.7 Å². The highest BCUT2D eigenvalue weighted by Crippen LogP contribution is 2.42. The molecule has 5 aromatic rings. The van der Waals surface area contributed by atoms with Gasteiger partial charge in [-0.3, -0.25) is 14.2 Å². The summed E-state index contributed by atoms with van der Waals surface area (Å²) in [4.78, 5) is 33.6. The third-order valence-electron chi connectivity index (χ3n) is 7.84. The van der Waals surface area contributed by atoms with E-state index in [1.165, 1.54) is 37.2 Å². The molecule has 4 aromatic carbocycles. The molecule has 6 rings (SSSR count). The van der Waals surface area contributed by atoms with Crippen molar-refractivity contribution < 1.29 is 23.7 Å². The number of carbonyl (C=O) groups is 1. The minimum Gasteiger partial charge on any atom is -0.493 e. The van der Waals surface area contributed by atoms with E-state index in [-0.39, 0.29) is 17.7 Å². The highest BCUT2D eigenvalue weighted by Gasteiger charge is 2.34. The Bertz CT molecular complexity index is 2240. The zero-order valence-electron chi connectivity index (χ0n) is 27.0. The van der Waals surface area contributed by atoms with Crippen molar-refractivity contribution in [3.63, 3.8) is 0 Å². The summed E-state index contributed by atoms with van der Waals surface area (Å²) in [5.74, 6) is 1.24. The largest absolute Gasteiger partial charge is 0.493 e. The molecule has 1 aliphatic rings. The lowest BCUT2D eigenvalue weighted by Gasteiger charge is -2.26. The summed E-state index contributed by atoms with van der Waals surface area (Å²) in [6, 6.07) is 24.2. The molecule has 0 spiro atoms. The van der Waals surface area contributed by atoms with Gasteiger partial charge in [0.1, 0.15) is 12.4 Å². The number of benzene rings is 4. The molecule has 1 aromatic heterocycles. The molecule has 250 valence electrons. The number of halogens is 2. The summed E-state index contributed by atoms with van der Waals surface area (Å²) in [5, 5.41) is 4.04. The van der Waals surface area contributed by atoms with Crippen molar-refractivity contribution in [1.29, 1.82) is 0 Å². The van der Waals surface area contributed by atoms with Gasteiger partial charge in [0.15, 0.2) is 16.3 Å². The van der Waals surface area contributed by atoms with Gasteiger partial charge in [-0.25, -0.2) is 4.99 Å². The summed E-state index contributed by atoms with van der Waals surface area (Å²) < 4.78 is 24.9. The fourth-order valence-electron chi connectivity index (χ4n) is 5.60. The molecular formula is C37H31Cl2N3O6S. The molecule has 0 bridgehead atoms. The number of nitrogens with zero attached hydrogens (tertiary/aromatic N) is 2. The van der Waals surface area contributed by atoms with Gasteiger partial charge >= 0.3 is 0 Å². The number of methoxy groups -OCH3 is 3. The van der Waals surface area contributed by atoms with Crippen LogP contribution in [0.15, 0.2) is 106 Å². The fourth-order valence-corrected chi connectivity index (χ4v) is 7.03. The Hall–Kier alpha value is -5.03.